The van der Waals surface area contributed by atoms with Gasteiger partial charge in [-0.1, -0.05) is 0 Å². The van der Waals surface area contributed by atoms with Crippen LogP contribution in [0.25, 0.3) is 0 Å². The molecular weight excluding hydrogens is 234 g/mol. The maximum Gasteiger partial charge on any atom is 0.307 e. The molecule has 3 N–H and O–H groups in total. The Hall–Kier alpha value is -1.85. The van der Waals surface area contributed by atoms with Crippen LogP contribution in [-0.2, 0) is 16.0 Å². The molecule has 1 amide bonds. The van der Waals surface area contributed by atoms with Gasteiger partial charge in [-0.25, -0.2) is 0 Å². The Morgan fingerprint density at radius 2 is 2.33 bits per heavy atom. The van der Waals surface area contributed by atoms with E-state index < -0.39 is 11.9 Å². The number of amides is 1. The van der Waals surface area contributed by atoms with Crippen LogP contribution in [-0.4, -0.2) is 33.7 Å². The van der Waals surface area contributed by atoms with Gasteiger partial charge in [0, 0.05) is 12.2 Å². The highest BCUT2D eigenvalue weighted by atomic mass is 16.4. The molecule has 1 fully saturated rings. The van der Waals surface area contributed by atoms with Crippen molar-refractivity contribution in [2.75, 3.05) is 6.54 Å². The Kier molecular flexibility index (Phi) is 3.64. The number of carboxylic acid groups (broad SMARTS) is 1. The number of aryl methyl sites for hydroxylation is 2. The molecule has 6 heteroatoms. The summed E-state index contributed by atoms with van der Waals surface area (Å²) in [5, 5.41) is 18.3. The van der Waals surface area contributed by atoms with Crippen molar-refractivity contribution in [2.24, 2.45) is 11.8 Å². The molecule has 1 aromatic heterocycles. The van der Waals surface area contributed by atoms with E-state index in [4.69, 9.17) is 5.11 Å². The summed E-state index contributed by atoms with van der Waals surface area (Å²) in [4.78, 5) is 22.2. The van der Waals surface area contributed by atoms with Gasteiger partial charge in [-0.05, 0) is 31.7 Å². The van der Waals surface area contributed by atoms with Crippen LogP contribution in [0.5, 0.6) is 0 Å². The number of H-pyrrole nitrogens is 1. The van der Waals surface area contributed by atoms with E-state index in [-0.39, 0.29) is 11.8 Å². The summed E-state index contributed by atoms with van der Waals surface area (Å²) in [6, 6.07) is 0. The van der Waals surface area contributed by atoms with Gasteiger partial charge in [0.2, 0.25) is 5.91 Å². The molecule has 1 aliphatic rings. The molecule has 2 rings (SSSR count). The second-order valence-corrected chi connectivity index (χ2v) is 4.70. The summed E-state index contributed by atoms with van der Waals surface area (Å²) in [5.74, 6) is -1.80. The minimum absolute atomic E-state index is 0.133. The number of carbonyl (C=O) groups is 2. The largest absolute Gasteiger partial charge is 0.481 e. The molecule has 0 bridgehead atoms. The molecule has 0 spiro atoms. The molecule has 1 aliphatic carbocycles. The predicted molar refractivity (Wildman–Crippen MR) is 63.9 cm³/mol. The van der Waals surface area contributed by atoms with Crippen LogP contribution in [0.15, 0.2) is 6.20 Å². The van der Waals surface area contributed by atoms with Crippen LogP contribution in [0.1, 0.15) is 24.1 Å². The van der Waals surface area contributed by atoms with Crippen molar-refractivity contribution >= 4 is 11.9 Å². The third kappa shape index (κ3) is 2.88. The van der Waals surface area contributed by atoms with Crippen molar-refractivity contribution in [3.05, 3.63) is 17.5 Å². The average molecular weight is 251 g/mol. The zero-order valence-corrected chi connectivity index (χ0v) is 10.3. The average Bonchev–Trinajstić information content (AvgIpc) is 3.04. The smallest absolute Gasteiger partial charge is 0.307 e. The Morgan fingerprint density at radius 1 is 1.56 bits per heavy atom. The van der Waals surface area contributed by atoms with Gasteiger partial charge in [0.05, 0.1) is 18.0 Å². The second kappa shape index (κ2) is 5.20. The topological polar surface area (TPSA) is 95.1 Å². The van der Waals surface area contributed by atoms with Crippen molar-refractivity contribution in [1.82, 2.24) is 15.5 Å². The molecule has 18 heavy (non-hydrogen) atoms. The van der Waals surface area contributed by atoms with Crippen LogP contribution in [0.3, 0.4) is 0 Å². The van der Waals surface area contributed by atoms with E-state index in [0.717, 1.165) is 24.1 Å². The molecule has 1 heterocycles. The molecule has 1 aromatic rings. The number of aromatic nitrogens is 2. The molecule has 0 radical (unpaired) electrons. The summed E-state index contributed by atoms with van der Waals surface area (Å²) < 4.78 is 0. The standard InChI is InChI=1S/C12H17N3O3/c1-7-8(6-14-15-7)3-2-4-13-11(16)9-5-10(9)12(17)18/h6,9-10H,2-5H2,1H3,(H,13,16)(H,14,15)(H,17,18)/t9-,10+/m1/s1. The molecule has 0 unspecified atom stereocenters. The Morgan fingerprint density at radius 3 is 2.89 bits per heavy atom. The number of hydrogen-bond donors (Lipinski definition) is 3. The predicted octanol–water partition coefficient (Wildman–Crippen LogP) is 0.488. The molecular formula is C12H17N3O3. The van der Waals surface area contributed by atoms with Gasteiger partial charge >= 0.3 is 5.97 Å². The number of rotatable bonds is 6. The van der Waals surface area contributed by atoms with Crippen LogP contribution in [0, 0.1) is 18.8 Å². The number of aromatic amines is 1. The summed E-state index contributed by atoms with van der Waals surface area (Å²) in [6.07, 6.45) is 3.95. The SMILES string of the molecule is Cc1[nH]ncc1CCCNC(=O)[C@@H]1C[C@@H]1C(=O)O. The lowest BCUT2D eigenvalue weighted by Crippen LogP contribution is -2.27. The molecule has 0 aromatic carbocycles. The van der Waals surface area contributed by atoms with Gasteiger partial charge < -0.3 is 10.4 Å². The Labute approximate surface area is 105 Å². The van der Waals surface area contributed by atoms with Crippen molar-refractivity contribution in [3.63, 3.8) is 0 Å². The number of carbonyl (C=O) groups excluding carboxylic acids is 1. The normalized spacial score (nSPS) is 21.6. The number of aliphatic carboxylic acids is 1. The van der Waals surface area contributed by atoms with Crippen LogP contribution in [0.4, 0.5) is 0 Å². The molecule has 1 saturated carbocycles. The van der Waals surface area contributed by atoms with E-state index in [1.165, 1.54) is 0 Å². The lowest BCUT2D eigenvalue weighted by molar-refractivity contribution is -0.140. The fourth-order valence-corrected chi connectivity index (χ4v) is 2.01. The molecule has 0 saturated heterocycles. The summed E-state index contributed by atoms with van der Waals surface area (Å²) in [7, 11) is 0. The summed E-state index contributed by atoms with van der Waals surface area (Å²) in [6.45, 7) is 2.54. The lowest BCUT2D eigenvalue weighted by atomic mass is 10.1. The van der Waals surface area contributed by atoms with Gasteiger partial charge in [0.15, 0.2) is 0 Å². The first-order valence-electron chi connectivity index (χ1n) is 6.09. The zero-order chi connectivity index (χ0) is 13.1. The first-order valence-corrected chi connectivity index (χ1v) is 6.09. The highest BCUT2D eigenvalue weighted by Gasteiger charge is 2.48. The second-order valence-electron chi connectivity index (χ2n) is 4.70. The van der Waals surface area contributed by atoms with Gasteiger partial charge in [0.25, 0.3) is 0 Å². The lowest BCUT2D eigenvalue weighted by Gasteiger charge is -2.04. The number of nitrogens with one attached hydrogen (secondary N) is 2. The highest BCUT2D eigenvalue weighted by Crippen LogP contribution is 2.38. The Balaban J connectivity index is 1.63. The van der Waals surface area contributed by atoms with Crippen LogP contribution < -0.4 is 5.32 Å². The molecule has 98 valence electrons. The van der Waals surface area contributed by atoms with Crippen LogP contribution >= 0.6 is 0 Å². The summed E-state index contributed by atoms with van der Waals surface area (Å²) in [5.41, 5.74) is 2.20. The maximum absolute atomic E-state index is 11.6. The quantitative estimate of drug-likeness (QED) is 0.641. The van der Waals surface area contributed by atoms with Gasteiger partial charge in [-0.3, -0.25) is 14.7 Å². The van der Waals surface area contributed by atoms with Crippen molar-refractivity contribution < 1.29 is 14.7 Å². The highest BCUT2D eigenvalue weighted by molar-refractivity contribution is 5.89. The summed E-state index contributed by atoms with van der Waals surface area (Å²) >= 11 is 0. The number of nitrogens with zero attached hydrogens (tertiary/aromatic N) is 1. The molecule has 0 aliphatic heterocycles. The van der Waals surface area contributed by atoms with Gasteiger partial charge in [-0.2, -0.15) is 5.10 Å². The van der Waals surface area contributed by atoms with Crippen molar-refractivity contribution in [2.45, 2.75) is 26.2 Å². The fourth-order valence-electron chi connectivity index (χ4n) is 2.01. The minimum Gasteiger partial charge on any atom is -0.481 e. The van der Waals surface area contributed by atoms with E-state index in [1.54, 1.807) is 6.20 Å². The van der Waals surface area contributed by atoms with E-state index in [1.807, 2.05) is 6.92 Å². The first kappa shape index (κ1) is 12.6. The monoisotopic (exact) mass is 251 g/mol. The van der Waals surface area contributed by atoms with Crippen molar-refractivity contribution in [1.29, 1.82) is 0 Å². The fraction of sp³-hybridized carbons (Fsp3) is 0.583. The van der Waals surface area contributed by atoms with E-state index in [0.29, 0.717) is 13.0 Å². The van der Waals surface area contributed by atoms with Gasteiger partial charge in [0.1, 0.15) is 0 Å². The van der Waals surface area contributed by atoms with Crippen molar-refractivity contribution in [3.8, 4) is 0 Å². The molecule has 2 atom stereocenters. The zero-order valence-electron chi connectivity index (χ0n) is 10.3. The van der Waals surface area contributed by atoms with E-state index in [9.17, 15) is 9.59 Å². The van der Waals surface area contributed by atoms with Crippen LogP contribution in [0.2, 0.25) is 0 Å². The maximum atomic E-state index is 11.6. The number of carboxylic acids is 1. The Bertz CT molecular complexity index is 455. The third-order valence-corrected chi connectivity index (χ3v) is 3.30. The number of hydrogen-bond acceptors (Lipinski definition) is 3. The minimum atomic E-state index is -0.871. The van der Waals surface area contributed by atoms with E-state index >= 15 is 0 Å². The van der Waals surface area contributed by atoms with Gasteiger partial charge in [-0.15, -0.1) is 0 Å². The van der Waals surface area contributed by atoms with E-state index in [2.05, 4.69) is 15.5 Å². The first-order chi connectivity index (χ1) is 8.59. The molecule has 6 nitrogen and oxygen atoms in total. The third-order valence-electron chi connectivity index (χ3n) is 3.30.